The van der Waals surface area contributed by atoms with E-state index in [0.29, 0.717) is 11.9 Å². The molecule has 0 aliphatic carbocycles. The van der Waals surface area contributed by atoms with Gasteiger partial charge in [0, 0.05) is 18.7 Å². The minimum atomic E-state index is -0.188. The first-order valence-corrected chi connectivity index (χ1v) is 4.80. The van der Waals surface area contributed by atoms with E-state index in [4.69, 9.17) is 5.73 Å². The molecular formula is C9H14N4O. The van der Waals surface area contributed by atoms with Gasteiger partial charge in [-0.2, -0.15) is 4.98 Å². The van der Waals surface area contributed by atoms with E-state index in [1.54, 1.807) is 0 Å². The molecule has 3 N–H and O–H groups in total. The van der Waals surface area contributed by atoms with Gasteiger partial charge in [0.1, 0.15) is 5.82 Å². The van der Waals surface area contributed by atoms with Crippen LogP contribution >= 0.6 is 0 Å². The summed E-state index contributed by atoms with van der Waals surface area (Å²) in [4.78, 5) is 19.8. The largest absolute Gasteiger partial charge is 0.369 e. The first kappa shape index (κ1) is 9.05. The summed E-state index contributed by atoms with van der Waals surface area (Å²) in [5, 5.41) is 0. The van der Waals surface area contributed by atoms with Gasteiger partial charge in [0.2, 0.25) is 5.95 Å². The maximum Gasteiger partial charge on any atom is 0.254 e. The van der Waals surface area contributed by atoms with Gasteiger partial charge < -0.3 is 10.6 Å². The number of anilines is 2. The van der Waals surface area contributed by atoms with Crippen molar-refractivity contribution in [3.63, 3.8) is 0 Å². The summed E-state index contributed by atoms with van der Waals surface area (Å²) >= 11 is 0. The number of hydrogen-bond donors (Lipinski definition) is 2. The van der Waals surface area contributed by atoms with Crippen LogP contribution in [0.5, 0.6) is 0 Å². The number of aromatic amines is 1. The summed E-state index contributed by atoms with van der Waals surface area (Å²) in [6, 6.07) is 1.95. The van der Waals surface area contributed by atoms with Gasteiger partial charge in [0.25, 0.3) is 5.56 Å². The molecule has 0 amide bonds. The number of nitrogens with two attached hydrogens (primary N) is 1. The summed E-state index contributed by atoms with van der Waals surface area (Å²) < 4.78 is 0. The lowest BCUT2D eigenvalue weighted by molar-refractivity contribution is 0.726. The molecule has 0 bridgehead atoms. The van der Waals surface area contributed by atoms with Gasteiger partial charge in [-0.1, -0.05) is 0 Å². The highest BCUT2D eigenvalue weighted by Crippen LogP contribution is 2.22. The molecule has 1 unspecified atom stereocenters. The van der Waals surface area contributed by atoms with Crippen LogP contribution in [0.3, 0.4) is 0 Å². The average molecular weight is 194 g/mol. The molecule has 5 heteroatoms. The molecule has 1 aromatic rings. The first-order chi connectivity index (χ1) is 6.66. The molecule has 1 fully saturated rings. The molecule has 14 heavy (non-hydrogen) atoms. The van der Waals surface area contributed by atoms with Gasteiger partial charge in [-0.05, 0) is 19.8 Å². The Bertz CT molecular complexity index is 387. The molecule has 2 heterocycles. The molecule has 2 rings (SSSR count). The molecule has 1 aliphatic rings. The van der Waals surface area contributed by atoms with Gasteiger partial charge in [0.05, 0.1) is 0 Å². The van der Waals surface area contributed by atoms with Crippen LogP contribution in [-0.4, -0.2) is 22.6 Å². The van der Waals surface area contributed by atoms with E-state index in [1.165, 1.54) is 6.07 Å². The van der Waals surface area contributed by atoms with Crippen molar-refractivity contribution in [1.29, 1.82) is 0 Å². The van der Waals surface area contributed by atoms with Crippen molar-refractivity contribution in [1.82, 2.24) is 9.97 Å². The number of hydrogen-bond acceptors (Lipinski definition) is 4. The molecule has 0 saturated carbocycles. The van der Waals surface area contributed by atoms with Crippen LogP contribution in [0.1, 0.15) is 19.8 Å². The minimum Gasteiger partial charge on any atom is -0.369 e. The van der Waals surface area contributed by atoms with Crippen LogP contribution in [0, 0.1) is 0 Å². The Morgan fingerprint density at radius 2 is 2.50 bits per heavy atom. The van der Waals surface area contributed by atoms with Gasteiger partial charge in [-0.25, -0.2) is 0 Å². The van der Waals surface area contributed by atoms with Crippen molar-refractivity contribution in [2.75, 3.05) is 17.2 Å². The standard InChI is InChI=1S/C9H14N4O/c1-6-3-2-4-13(6)7-5-8(14)12-9(10)11-7/h5-6H,2-4H2,1H3,(H3,10,11,12,14). The lowest BCUT2D eigenvalue weighted by Gasteiger charge is -2.21. The summed E-state index contributed by atoms with van der Waals surface area (Å²) in [5.41, 5.74) is 5.29. The first-order valence-electron chi connectivity index (χ1n) is 4.80. The van der Waals surface area contributed by atoms with Crippen LogP contribution in [-0.2, 0) is 0 Å². The third-order valence-corrected chi connectivity index (χ3v) is 2.59. The summed E-state index contributed by atoms with van der Waals surface area (Å²) in [5.74, 6) is 0.878. The van der Waals surface area contributed by atoms with Crippen molar-refractivity contribution in [2.45, 2.75) is 25.8 Å². The van der Waals surface area contributed by atoms with Crippen molar-refractivity contribution >= 4 is 11.8 Å². The average Bonchev–Trinajstić information content (AvgIpc) is 2.49. The van der Waals surface area contributed by atoms with Gasteiger partial charge in [-0.15, -0.1) is 0 Å². The Morgan fingerprint density at radius 3 is 3.07 bits per heavy atom. The highest BCUT2D eigenvalue weighted by molar-refractivity contribution is 5.42. The Labute approximate surface area is 82.0 Å². The van der Waals surface area contributed by atoms with Crippen LogP contribution in [0.15, 0.2) is 10.9 Å². The monoisotopic (exact) mass is 194 g/mol. The summed E-state index contributed by atoms with van der Waals surface area (Å²) in [6.07, 6.45) is 2.30. The predicted octanol–water partition coefficient (Wildman–Crippen LogP) is 0.341. The van der Waals surface area contributed by atoms with Crippen molar-refractivity contribution in [3.8, 4) is 0 Å². The van der Waals surface area contributed by atoms with Gasteiger partial charge in [0.15, 0.2) is 0 Å². The molecule has 0 aromatic carbocycles. The van der Waals surface area contributed by atoms with Gasteiger partial charge >= 0.3 is 0 Å². The molecule has 1 aliphatic heterocycles. The minimum absolute atomic E-state index is 0.187. The zero-order valence-electron chi connectivity index (χ0n) is 8.16. The van der Waals surface area contributed by atoms with E-state index < -0.39 is 0 Å². The zero-order valence-corrected chi connectivity index (χ0v) is 8.16. The lowest BCUT2D eigenvalue weighted by atomic mass is 10.2. The maximum atomic E-state index is 11.2. The number of nitrogens with one attached hydrogen (secondary N) is 1. The molecule has 1 atom stereocenters. The maximum absolute atomic E-state index is 11.2. The molecule has 0 radical (unpaired) electrons. The van der Waals surface area contributed by atoms with E-state index in [0.717, 1.165) is 19.4 Å². The predicted molar refractivity (Wildman–Crippen MR) is 55.3 cm³/mol. The Balaban J connectivity index is 2.36. The lowest BCUT2D eigenvalue weighted by Crippen LogP contribution is -2.29. The van der Waals surface area contributed by atoms with E-state index in [2.05, 4.69) is 21.8 Å². The Kier molecular flexibility index (Phi) is 2.15. The van der Waals surface area contributed by atoms with Crippen molar-refractivity contribution in [2.24, 2.45) is 0 Å². The quantitative estimate of drug-likeness (QED) is 0.676. The van der Waals surface area contributed by atoms with Crippen molar-refractivity contribution < 1.29 is 0 Å². The SMILES string of the molecule is CC1CCCN1c1cc(=O)[nH]c(N)n1. The fourth-order valence-electron chi connectivity index (χ4n) is 1.88. The molecule has 76 valence electrons. The molecule has 5 nitrogen and oxygen atoms in total. The molecule has 1 aromatic heterocycles. The number of nitrogens with zero attached hydrogens (tertiary/aromatic N) is 2. The summed E-state index contributed by atoms with van der Waals surface area (Å²) in [6.45, 7) is 3.09. The van der Waals surface area contributed by atoms with E-state index in [-0.39, 0.29) is 11.5 Å². The normalized spacial score (nSPS) is 21.5. The molecule has 1 saturated heterocycles. The highest BCUT2D eigenvalue weighted by atomic mass is 16.1. The number of H-pyrrole nitrogens is 1. The topological polar surface area (TPSA) is 75.0 Å². The van der Waals surface area contributed by atoms with Crippen LogP contribution in [0.2, 0.25) is 0 Å². The molecule has 0 spiro atoms. The fourth-order valence-corrected chi connectivity index (χ4v) is 1.88. The Morgan fingerprint density at radius 1 is 1.71 bits per heavy atom. The number of rotatable bonds is 1. The third-order valence-electron chi connectivity index (χ3n) is 2.59. The smallest absolute Gasteiger partial charge is 0.254 e. The number of nitrogen functional groups attached to an aromatic ring is 1. The second-order valence-corrected chi connectivity index (χ2v) is 3.67. The highest BCUT2D eigenvalue weighted by Gasteiger charge is 2.21. The molecular weight excluding hydrogens is 180 g/mol. The van der Waals surface area contributed by atoms with E-state index in [1.807, 2.05) is 0 Å². The van der Waals surface area contributed by atoms with E-state index in [9.17, 15) is 4.79 Å². The Hall–Kier alpha value is -1.52. The summed E-state index contributed by atoms with van der Waals surface area (Å²) in [7, 11) is 0. The van der Waals surface area contributed by atoms with E-state index >= 15 is 0 Å². The number of aromatic nitrogens is 2. The zero-order chi connectivity index (χ0) is 10.1. The van der Waals surface area contributed by atoms with Gasteiger partial charge in [-0.3, -0.25) is 9.78 Å². The van der Waals surface area contributed by atoms with Crippen molar-refractivity contribution in [3.05, 3.63) is 16.4 Å². The van der Waals surface area contributed by atoms with Crippen LogP contribution in [0.25, 0.3) is 0 Å². The second-order valence-electron chi connectivity index (χ2n) is 3.67. The van der Waals surface area contributed by atoms with Crippen LogP contribution in [0.4, 0.5) is 11.8 Å². The fraction of sp³-hybridized carbons (Fsp3) is 0.556. The second kappa shape index (κ2) is 3.32. The third kappa shape index (κ3) is 1.57. The van der Waals surface area contributed by atoms with Crippen LogP contribution < -0.4 is 16.2 Å².